The van der Waals surface area contributed by atoms with Crippen molar-refractivity contribution >= 4 is 5.91 Å². The Morgan fingerprint density at radius 3 is 2.44 bits per heavy atom. The van der Waals surface area contributed by atoms with Crippen LogP contribution >= 0.6 is 0 Å². The van der Waals surface area contributed by atoms with Crippen molar-refractivity contribution in [3.63, 3.8) is 0 Å². The van der Waals surface area contributed by atoms with Crippen LogP contribution in [0.1, 0.15) is 24.2 Å². The zero-order valence-corrected chi connectivity index (χ0v) is 9.09. The molecule has 1 rings (SSSR count). The summed E-state index contributed by atoms with van der Waals surface area (Å²) in [6, 6.07) is 3.22. The van der Waals surface area contributed by atoms with Gasteiger partial charge in [-0.3, -0.25) is 9.63 Å². The van der Waals surface area contributed by atoms with Crippen molar-refractivity contribution in [1.29, 1.82) is 0 Å². The third kappa shape index (κ3) is 3.27. The molecule has 16 heavy (non-hydrogen) atoms. The molecule has 1 aromatic rings. The van der Waals surface area contributed by atoms with E-state index >= 15 is 0 Å². The highest BCUT2D eigenvalue weighted by molar-refractivity contribution is 5.93. The number of hydrogen-bond acceptors (Lipinski definition) is 2. The van der Waals surface area contributed by atoms with Gasteiger partial charge >= 0.3 is 0 Å². The van der Waals surface area contributed by atoms with Crippen molar-refractivity contribution in [3.05, 3.63) is 35.4 Å². The number of hydrogen-bond donors (Lipinski definition) is 1. The molecule has 1 amide bonds. The first kappa shape index (κ1) is 12.6. The average molecular weight is 229 g/mol. The van der Waals surface area contributed by atoms with Gasteiger partial charge in [0.05, 0.1) is 6.61 Å². The Hall–Kier alpha value is -1.49. The van der Waals surface area contributed by atoms with E-state index < -0.39 is 23.1 Å². The molecule has 0 aliphatic rings. The molecule has 0 heterocycles. The second kappa shape index (κ2) is 5.55. The predicted octanol–water partition coefficient (Wildman–Crippen LogP) is 2.28. The summed E-state index contributed by atoms with van der Waals surface area (Å²) >= 11 is 0. The molecule has 0 saturated heterocycles. The van der Waals surface area contributed by atoms with E-state index in [4.69, 9.17) is 4.84 Å². The topological polar surface area (TPSA) is 38.3 Å². The molecule has 3 nitrogen and oxygen atoms in total. The molecule has 5 heteroatoms. The zero-order valence-electron chi connectivity index (χ0n) is 9.09. The van der Waals surface area contributed by atoms with Gasteiger partial charge in [0.2, 0.25) is 0 Å². The SMILES string of the molecule is CC(C)CONC(=O)c1c(F)cccc1F. The van der Waals surface area contributed by atoms with Gasteiger partial charge in [0.15, 0.2) is 0 Å². The van der Waals surface area contributed by atoms with Crippen LogP contribution in [-0.4, -0.2) is 12.5 Å². The molecule has 0 aromatic heterocycles. The van der Waals surface area contributed by atoms with Crippen LogP contribution in [0.5, 0.6) is 0 Å². The lowest BCUT2D eigenvalue weighted by Crippen LogP contribution is -2.27. The van der Waals surface area contributed by atoms with Gasteiger partial charge in [-0.25, -0.2) is 14.3 Å². The summed E-state index contributed by atoms with van der Waals surface area (Å²) in [7, 11) is 0. The lowest BCUT2D eigenvalue weighted by molar-refractivity contribution is 0.0202. The standard InChI is InChI=1S/C11H13F2NO2/c1-7(2)6-16-14-11(15)10-8(12)4-3-5-9(10)13/h3-5,7H,6H2,1-2H3,(H,14,15). The van der Waals surface area contributed by atoms with Crippen molar-refractivity contribution in [2.24, 2.45) is 5.92 Å². The second-order valence-corrected chi connectivity index (χ2v) is 3.73. The maximum Gasteiger partial charge on any atom is 0.280 e. The van der Waals surface area contributed by atoms with Crippen LogP contribution in [0.15, 0.2) is 18.2 Å². The first-order valence-electron chi connectivity index (χ1n) is 4.88. The van der Waals surface area contributed by atoms with Crippen LogP contribution in [0.25, 0.3) is 0 Å². The minimum atomic E-state index is -0.920. The summed E-state index contributed by atoms with van der Waals surface area (Å²) in [4.78, 5) is 16.1. The number of halogens is 2. The van der Waals surface area contributed by atoms with Crippen LogP contribution in [0.2, 0.25) is 0 Å². The molecule has 0 bridgehead atoms. The molecule has 0 radical (unpaired) electrons. The molecule has 1 N–H and O–H groups in total. The number of amides is 1. The van der Waals surface area contributed by atoms with Crippen LogP contribution < -0.4 is 5.48 Å². The summed E-state index contributed by atoms with van der Waals surface area (Å²) in [5, 5.41) is 0. The van der Waals surface area contributed by atoms with Crippen molar-refractivity contribution in [1.82, 2.24) is 5.48 Å². The number of nitrogens with one attached hydrogen (secondary N) is 1. The number of rotatable bonds is 4. The highest BCUT2D eigenvalue weighted by Crippen LogP contribution is 2.11. The molecule has 0 saturated carbocycles. The van der Waals surface area contributed by atoms with Gasteiger partial charge in [-0.15, -0.1) is 0 Å². The van der Waals surface area contributed by atoms with Gasteiger partial charge < -0.3 is 0 Å². The Balaban J connectivity index is 2.66. The average Bonchev–Trinajstić information content (AvgIpc) is 2.16. The number of carbonyl (C=O) groups is 1. The fourth-order valence-corrected chi connectivity index (χ4v) is 1.04. The van der Waals surface area contributed by atoms with Gasteiger partial charge in [-0.05, 0) is 18.1 Å². The monoisotopic (exact) mass is 229 g/mol. The lowest BCUT2D eigenvalue weighted by Gasteiger charge is -2.08. The molecule has 1 aromatic carbocycles. The lowest BCUT2D eigenvalue weighted by atomic mass is 10.2. The summed E-state index contributed by atoms with van der Waals surface area (Å²) < 4.78 is 26.3. The Bertz CT molecular complexity index is 360. The van der Waals surface area contributed by atoms with Gasteiger partial charge in [-0.1, -0.05) is 19.9 Å². The predicted molar refractivity (Wildman–Crippen MR) is 54.6 cm³/mol. The molecule has 88 valence electrons. The van der Waals surface area contributed by atoms with E-state index in [9.17, 15) is 13.6 Å². The molecule has 0 unspecified atom stereocenters. The first-order valence-corrected chi connectivity index (χ1v) is 4.88. The molecule has 0 fully saturated rings. The van der Waals surface area contributed by atoms with Crippen molar-refractivity contribution in [3.8, 4) is 0 Å². The summed E-state index contributed by atoms with van der Waals surface area (Å²) in [6.45, 7) is 4.05. The second-order valence-electron chi connectivity index (χ2n) is 3.73. The number of hydroxylamine groups is 1. The van der Waals surface area contributed by atoms with Gasteiger partial charge in [-0.2, -0.15) is 0 Å². The first-order chi connectivity index (χ1) is 7.52. The fourth-order valence-electron chi connectivity index (χ4n) is 1.04. The Labute approximate surface area is 92.4 Å². The molecular weight excluding hydrogens is 216 g/mol. The van der Waals surface area contributed by atoms with Crippen molar-refractivity contribution < 1.29 is 18.4 Å². The van der Waals surface area contributed by atoms with Crippen LogP contribution in [0, 0.1) is 17.6 Å². The van der Waals surface area contributed by atoms with E-state index in [0.717, 1.165) is 12.1 Å². The molecular formula is C11H13F2NO2. The summed E-state index contributed by atoms with van der Waals surface area (Å²) in [6.07, 6.45) is 0. The third-order valence-corrected chi connectivity index (χ3v) is 1.77. The maximum atomic E-state index is 13.1. The van der Waals surface area contributed by atoms with Gasteiger partial charge in [0.1, 0.15) is 17.2 Å². The minimum absolute atomic E-state index is 0.214. The summed E-state index contributed by atoms with van der Waals surface area (Å²) in [5.41, 5.74) is 1.36. The Kier molecular flexibility index (Phi) is 4.37. The highest BCUT2D eigenvalue weighted by Gasteiger charge is 2.16. The van der Waals surface area contributed by atoms with E-state index in [0.29, 0.717) is 0 Å². The van der Waals surface area contributed by atoms with Crippen LogP contribution in [-0.2, 0) is 4.84 Å². The largest absolute Gasteiger partial charge is 0.280 e. The third-order valence-electron chi connectivity index (χ3n) is 1.77. The van der Waals surface area contributed by atoms with E-state index in [2.05, 4.69) is 0 Å². The van der Waals surface area contributed by atoms with Crippen LogP contribution in [0.4, 0.5) is 8.78 Å². The Morgan fingerprint density at radius 1 is 1.38 bits per heavy atom. The van der Waals surface area contributed by atoms with E-state index in [1.54, 1.807) is 0 Å². The number of carbonyl (C=O) groups excluding carboxylic acids is 1. The minimum Gasteiger partial charge on any atom is -0.273 e. The smallest absolute Gasteiger partial charge is 0.273 e. The van der Waals surface area contributed by atoms with Crippen molar-refractivity contribution in [2.75, 3.05) is 6.61 Å². The molecule has 0 spiro atoms. The normalized spacial score (nSPS) is 10.6. The fraction of sp³-hybridized carbons (Fsp3) is 0.364. The van der Waals surface area contributed by atoms with Crippen molar-refractivity contribution in [2.45, 2.75) is 13.8 Å². The van der Waals surface area contributed by atoms with E-state index in [1.807, 2.05) is 19.3 Å². The van der Waals surface area contributed by atoms with Gasteiger partial charge in [0, 0.05) is 0 Å². The Morgan fingerprint density at radius 2 is 1.94 bits per heavy atom. The zero-order chi connectivity index (χ0) is 12.1. The molecule has 0 aliphatic carbocycles. The quantitative estimate of drug-likeness (QED) is 0.804. The molecule has 0 aliphatic heterocycles. The maximum absolute atomic E-state index is 13.1. The number of benzene rings is 1. The molecule has 0 atom stereocenters. The highest BCUT2D eigenvalue weighted by atomic mass is 19.1. The summed E-state index contributed by atoms with van der Waals surface area (Å²) in [5.74, 6) is -2.53. The van der Waals surface area contributed by atoms with Gasteiger partial charge in [0.25, 0.3) is 5.91 Å². The van der Waals surface area contributed by atoms with E-state index in [-0.39, 0.29) is 12.5 Å². The van der Waals surface area contributed by atoms with Crippen LogP contribution in [0.3, 0.4) is 0 Å². The van der Waals surface area contributed by atoms with E-state index in [1.165, 1.54) is 6.07 Å².